The summed E-state index contributed by atoms with van der Waals surface area (Å²) in [6, 6.07) is 2.30. The van der Waals surface area contributed by atoms with E-state index in [0.29, 0.717) is 29.6 Å². The summed E-state index contributed by atoms with van der Waals surface area (Å²) in [6.07, 6.45) is 3.22. The van der Waals surface area contributed by atoms with Gasteiger partial charge in [0.25, 0.3) is 0 Å². The molecule has 2 aromatic rings. The maximum Gasteiger partial charge on any atom is 0.163 e. The molecule has 5 unspecified atom stereocenters. The lowest BCUT2D eigenvalue weighted by Gasteiger charge is -2.50. The Morgan fingerprint density at radius 2 is 2.16 bits per heavy atom. The number of nitriles is 1. The van der Waals surface area contributed by atoms with Gasteiger partial charge in [-0.1, -0.05) is 17.7 Å². The number of β-amino-alcohol motifs (C(OH)–C–C–N with tert-alkyl or cyclic N) is 1. The van der Waals surface area contributed by atoms with Crippen molar-refractivity contribution in [3.63, 3.8) is 0 Å². The Morgan fingerprint density at radius 3 is 2.81 bits per heavy atom. The van der Waals surface area contributed by atoms with E-state index < -0.39 is 5.92 Å². The van der Waals surface area contributed by atoms with Gasteiger partial charge in [-0.05, 0) is 26.7 Å². The first-order valence-electron chi connectivity index (χ1n) is 11.1. The summed E-state index contributed by atoms with van der Waals surface area (Å²) in [5.41, 5.74) is 7.54. The average molecular weight is 460 g/mol. The van der Waals surface area contributed by atoms with Crippen LogP contribution in [0.5, 0.6) is 0 Å². The SMILES string of the molecule is CCOC1C(C(C)n2nc(C)c3c(N)ncnc32)C=C(Cl)C(C#N)C1C1CN(CCO)C1. The third-order valence-electron chi connectivity index (χ3n) is 6.87. The van der Waals surface area contributed by atoms with Gasteiger partial charge in [0.2, 0.25) is 0 Å². The lowest BCUT2D eigenvalue weighted by Crippen LogP contribution is -2.57. The van der Waals surface area contributed by atoms with Crippen LogP contribution in [-0.4, -0.2) is 68.7 Å². The first-order chi connectivity index (χ1) is 15.4. The van der Waals surface area contributed by atoms with Crippen molar-refractivity contribution in [2.75, 3.05) is 38.6 Å². The molecule has 172 valence electrons. The molecule has 0 aromatic carbocycles. The Labute approximate surface area is 192 Å². The minimum Gasteiger partial charge on any atom is -0.395 e. The highest BCUT2D eigenvalue weighted by Gasteiger charge is 2.49. The second kappa shape index (κ2) is 9.32. The van der Waals surface area contributed by atoms with Gasteiger partial charge in [-0.25, -0.2) is 14.6 Å². The zero-order valence-electron chi connectivity index (χ0n) is 18.6. The monoisotopic (exact) mass is 459 g/mol. The number of aliphatic hydroxyl groups is 1. The van der Waals surface area contributed by atoms with Crippen LogP contribution in [-0.2, 0) is 4.74 Å². The smallest absolute Gasteiger partial charge is 0.163 e. The number of rotatable bonds is 7. The van der Waals surface area contributed by atoms with Gasteiger partial charge in [0.15, 0.2) is 5.65 Å². The molecule has 0 bridgehead atoms. The van der Waals surface area contributed by atoms with E-state index in [-0.39, 0.29) is 36.5 Å². The van der Waals surface area contributed by atoms with E-state index in [1.807, 2.05) is 24.6 Å². The minimum absolute atomic E-state index is 0.0394. The van der Waals surface area contributed by atoms with E-state index in [9.17, 15) is 10.4 Å². The second-order valence-corrected chi connectivity index (χ2v) is 9.14. The Kier molecular flexibility index (Phi) is 6.67. The molecule has 1 saturated heterocycles. The van der Waals surface area contributed by atoms with Crippen LogP contribution in [0, 0.1) is 41.9 Å². The Bertz CT molecular complexity index is 1040. The van der Waals surface area contributed by atoms with Crippen molar-refractivity contribution in [2.24, 2.45) is 23.7 Å². The minimum atomic E-state index is -0.410. The van der Waals surface area contributed by atoms with E-state index in [1.54, 1.807) is 0 Å². The van der Waals surface area contributed by atoms with Crippen molar-refractivity contribution in [2.45, 2.75) is 32.9 Å². The molecule has 0 amide bonds. The van der Waals surface area contributed by atoms with Gasteiger partial charge in [0.05, 0.1) is 41.8 Å². The molecular formula is C22H30ClN7O2. The summed E-state index contributed by atoms with van der Waals surface area (Å²) in [5, 5.41) is 25.2. The van der Waals surface area contributed by atoms with Gasteiger partial charge in [-0.2, -0.15) is 10.4 Å². The molecule has 10 heteroatoms. The fraction of sp³-hybridized carbons (Fsp3) is 0.636. The van der Waals surface area contributed by atoms with Crippen LogP contribution in [0.1, 0.15) is 25.6 Å². The van der Waals surface area contributed by atoms with Crippen molar-refractivity contribution in [1.29, 1.82) is 5.26 Å². The van der Waals surface area contributed by atoms with Crippen LogP contribution in [0.4, 0.5) is 5.82 Å². The fourth-order valence-electron chi connectivity index (χ4n) is 5.32. The van der Waals surface area contributed by atoms with Crippen LogP contribution in [0.25, 0.3) is 11.0 Å². The predicted molar refractivity (Wildman–Crippen MR) is 122 cm³/mol. The van der Waals surface area contributed by atoms with Crippen molar-refractivity contribution in [3.05, 3.63) is 23.1 Å². The topological polar surface area (TPSA) is 126 Å². The fourth-order valence-corrected chi connectivity index (χ4v) is 5.66. The van der Waals surface area contributed by atoms with Crippen LogP contribution in [0.15, 0.2) is 17.4 Å². The van der Waals surface area contributed by atoms with E-state index in [0.717, 1.165) is 24.2 Å². The molecule has 1 aliphatic carbocycles. The highest BCUT2D eigenvalue weighted by molar-refractivity contribution is 6.30. The number of allylic oxidation sites excluding steroid dienone is 1. The number of aromatic nitrogens is 4. The van der Waals surface area contributed by atoms with Crippen molar-refractivity contribution >= 4 is 28.5 Å². The lowest BCUT2D eigenvalue weighted by molar-refractivity contribution is -0.0841. The molecule has 3 N–H and O–H groups in total. The van der Waals surface area contributed by atoms with Gasteiger partial charge in [-0.15, -0.1) is 0 Å². The molecule has 3 heterocycles. The number of likely N-dealkylation sites (tertiary alicyclic amines) is 1. The normalized spacial score (nSPS) is 27.7. The molecule has 4 rings (SSSR count). The van der Waals surface area contributed by atoms with Crippen LogP contribution < -0.4 is 5.73 Å². The lowest BCUT2D eigenvalue weighted by atomic mass is 9.66. The Hall–Kier alpha value is -2.25. The van der Waals surface area contributed by atoms with Crippen molar-refractivity contribution in [1.82, 2.24) is 24.6 Å². The second-order valence-electron chi connectivity index (χ2n) is 8.70. The summed E-state index contributed by atoms with van der Waals surface area (Å²) >= 11 is 6.69. The molecule has 2 aromatic heterocycles. The van der Waals surface area contributed by atoms with Gasteiger partial charge < -0.3 is 20.5 Å². The number of halogens is 1. The van der Waals surface area contributed by atoms with Crippen LogP contribution in [0.2, 0.25) is 0 Å². The maximum atomic E-state index is 9.94. The first kappa shape index (κ1) is 22.9. The highest BCUT2D eigenvalue weighted by atomic mass is 35.5. The molecule has 0 spiro atoms. The van der Waals surface area contributed by atoms with E-state index >= 15 is 0 Å². The summed E-state index contributed by atoms with van der Waals surface area (Å²) in [6.45, 7) is 8.90. The standard InChI is InChI=1S/C22H30ClN7O2/c1-4-32-20-15(13(3)30-22-18(12(2)28-30)21(25)26-11-27-22)7-17(23)16(8-24)19(20)14-9-29(10-14)5-6-31/h7,11,13-16,19-20,31H,4-6,9-10H2,1-3H3,(H2,25,26,27). The molecule has 5 atom stereocenters. The predicted octanol–water partition coefficient (Wildman–Crippen LogP) is 2.12. The number of nitrogens with two attached hydrogens (primary N) is 1. The van der Waals surface area contributed by atoms with E-state index in [1.165, 1.54) is 6.33 Å². The zero-order valence-corrected chi connectivity index (χ0v) is 19.4. The largest absolute Gasteiger partial charge is 0.395 e. The molecule has 1 fully saturated rings. The number of aryl methyl sites for hydroxylation is 1. The number of fused-ring (bicyclic) bond motifs is 1. The summed E-state index contributed by atoms with van der Waals surface area (Å²) in [5.74, 6) is 0.136. The van der Waals surface area contributed by atoms with Crippen LogP contribution >= 0.6 is 11.6 Å². The Morgan fingerprint density at radius 1 is 1.41 bits per heavy atom. The van der Waals surface area contributed by atoms with Crippen LogP contribution in [0.3, 0.4) is 0 Å². The molecule has 2 aliphatic rings. The van der Waals surface area contributed by atoms with E-state index in [2.05, 4.69) is 27.9 Å². The number of anilines is 1. The molecule has 0 saturated carbocycles. The van der Waals surface area contributed by atoms with Gasteiger partial charge in [0, 0.05) is 43.1 Å². The summed E-state index contributed by atoms with van der Waals surface area (Å²) in [4.78, 5) is 10.7. The number of hydrogen-bond donors (Lipinski definition) is 2. The molecule has 0 radical (unpaired) electrons. The highest BCUT2D eigenvalue weighted by Crippen LogP contribution is 2.47. The third-order valence-corrected chi connectivity index (χ3v) is 7.23. The number of hydrogen-bond acceptors (Lipinski definition) is 8. The van der Waals surface area contributed by atoms with Crippen molar-refractivity contribution < 1.29 is 9.84 Å². The molecule has 9 nitrogen and oxygen atoms in total. The van der Waals surface area contributed by atoms with Gasteiger partial charge >= 0.3 is 0 Å². The maximum absolute atomic E-state index is 9.94. The number of ether oxygens (including phenoxy) is 1. The number of nitrogens with zero attached hydrogens (tertiary/aromatic N) is 6. The number of nitrogen functional groups attached to an aromatic ring is 1. The molecule has 32 heavy (non-hydrogen) atoms. The molecule has 1 aliphatic heterocycles. The van der Waals surface area contributed by atoms with E-state index in [4.69, 9.17) is 27.2 Å². The quantitative estimate of drug-likeness (QED) is 0.644. The molecular weight excluding hydrogens is 430 g/mol. The summed E-state index contributed by atoms with van der Waals surface area (Å²) in [7, 11) is 0. The summed E-state index contributed by atoms with van der Waals surface area (Å²) < 4.78 is 8.18. The average Bonchev–Trinajstić information content (AvgIpc) is 3.08. The van der Waals surface area contributed by atoms with Gasteiger partial charge in [0.1, 0.15) is 12.1 Å². The van der Waals surface area contributed by atoms with Crippen molar-refractivity contribution in [3.8, 4) is 6.07 Å². The Balaban J connectivity index is 1.72. The van der Waals surface area contributed by atoms with Gasteiger partial charge in [-0.3, -0.25) is 0 Å². The third kappa shape index (κ3) is 3.86. The zero-order chi connectivity index (χ0) is 23.0. The number of aliphatic hydroxyl groups excluding tert-OH is 1. The first-order valence-corrected chi connectivity index (χ1v) is 11.5.